The molecule has 3 N–H and O–H groups in total. The molecule has 1 aromatic heterocycles. The van der Waals surface area contributed by atoms with Crippen LogP contribution in [0.1, 0.15) is 25.2 Å². The average Bonchev–Trinajstić information content (AvgIpc) is 2.64. The number of aryl methyl sites for hydroxylation is 1. The Morgan fingerprint density at radius 2 is 2.50 bits per heavy atom. The summed E-state index contributed by atoms with van der Waals surface area (Å²) < 4.78 is 1.73. The van der Waals surface area contributed by atoms with E-state index >= 15 is 0 Å². The first-order valence-electron chi connectivity index (χ1n) is 4.89. The highest BCUT2D eigenvalue weighted by atomic mass is 16.2. The highest BCUT2D eigenvalue weighted by Crippen LogP contribution is 2.07. The number of nitrogens with zero attached hydrogens (tertiary/aromatic N) is 3. The summed E-state index contributed by atoms with van der Waals surface area (Å²) in [5.41, 5.74) is 5.57. The molecule has 0 saturated carbocycles. The van der Waals surface area contributed by atoms with Crippen LogP contribution in [0.3, 0.4) is 0 Å². The van der Waals surface area contributed by atoms with Gasteiger partial charge in [0, 0.05) is 13.5 Å². The lowest BCUT2D eigenvalue weighted by atomic mass is 10.2. The fourth-order valence-electron chi connectivity index (χ4n) is 1.29. The van der Waals surface area contributed by atoms with Crippen molar-refractivity contribution in [3.05, 3.63) is 12.2 Å². The monoisotopic (exact) mass is 221 g/mol. The van der Waals surface area contributed by atoms with Crippen molar-refractivity contribution in [2.75, 3.05) is 0 Å². The zero-order valence-corrected chi connectivity index (χ0v) is 9.34. The van der Waals surface area contributed by atoms with Gasteiger partial charge in [0.05, 0.1) is 12.1 Å². The summed E-state index contributed by atoms with van der Waals surface area (Å²) in [6.07, 6.45) is 6.87. The number of rotatable bonds is 4. The first-order chi connectivity index (χ1) is 7.56. The normalized spacial score (nSPS) is 13.9. The summed E-state index contributed by atoms with van der Waals surface area (Å²) in [5.74, 6) is 2.73. The molecule has 86 valence electrons. The summed E-state index contributed by atoms with van der Waals surface area (Å²) in [7, 11) is 1.80. The molecule has 0 saturated heterocycles. The predicted octanol–water partition coefficient (Wildman–Crippen LogP) is -0.657. The van der Waals surface area contributed by atoms with Crippen molar-refractivity contribution in [1.29, 1.82) is 0 Å². The number of nitrogens with one attached hydrogen (secondary N) is 1. The van der Waals surface area contributed by atoms with Gasteiger partial charge >= 0.3 is 0 Å². The van der Waals surface area contributed by atoms with Crippen LogP contribution >= 0.6 is 0 Å². The molecule has 1 rings (SSSR count). The van der Waals surface area contributed by atoms with E-state index in [1.165, 1.54) is 0 Å². The molecule has 16 heavy (non-hydrogen) atoms. The summed E-state index contributed by atoms with van der Waals surface area (Å²) in [5, 5.41) is 10.3. The fourth-order valence-corrected chi connectivity index (χ4v) is 1.29. The largest absolute Gasteiger partial charge is 0.345 e. The van der Waals surface area contributed by atoms with Gasteiger partial charge in [0.1, 0.15) is 6.33 Å². The number of aromatic nitrogens is 3. The summed E-state index contributed by atoms with van der Waals surface area (Å²) >= 11 is 0. The summed E-state index contributed by atoms with van der Waals surface area (Å²) in [6, 6.07) is -0.926. The number of amides is 1. The minimum Gasteiger partial charge on any atom is -0.345 e. The van der Waals surface area contributed by atoms with Crippen LogP contribution < -0.4 is 11.1 Å². The molecular formula is C10H15N5O. The molecule has 1 heterocycles. The van der Waals surface area contributed by atoms with Crippen LogP contribution in [-0.2, 0) is 11.8 Å². The van der Waals surface area contributed by atoms with Crippen molar-refractivity contribution in [2.24, 2.45) is 12.8 Å². The third-order valence-electron chi connectivity index (χ3n) is 2.17. The molecule has 2 unspecified atom stereocenters. The van der Waals surface area contributed by atoms with Gasteiger partial charge in [0.25, 0.3) is 0 Å². The lowest BCUT2D eigenvalue weighted by Crippen LogP contribution is -2.41. The Hall–Kier alpha value is -1.87. The molecule has 0 fully saturated rings. The van der Waals surface area contributed by atoms with Gasteiger partial charge in [-0.25, -0.2) is 0 Å². The van der Waals surface area contributed by atoms with Crippen LogP contribution in [-0.4, -0.2) is 26.7 Å². The first-order valence-corrected chi connectivity index (χ1v) is 4.89. The Bertz CT molecular complexity index is 406. The van der Waals surface area contributed by atoms with E-state index in [-0.39, 0.29) is 18.4 Å². The van der Waals surface area contributed by atoms with E-state index in [2.05, 4.69) is 21.4 Å². The second kappa shape index (κ2) is 5.28. The van der Waals surface area contributed by atoms with E-state index in [1.807, 2.05) is 6.92 Å². The van der Waals surface area contributed by atoms with Crippen LogP contribution in [0, 0.1) is 12.3 Å². The van der Waals surface area contributed by atoms with Crippen molar-refractivity contribution < 1.29 is 4.79 Å². The quantitative estimate of drug-likeness (QED) is 0.661. The molecule has 0 spiro atoms. The SMILES string of the molecule is C#CCC(N)C(=O)NC(C)c1nncn1C. The maximum atomic E-state index is 11.6. The van der Waals surface area contributed by atoms with Gasteiger partial charge in [-0.15, -0.1) is 22.5 Å². The average molecular weight is 221 g/mol. The molecule has 1 aromatic rings. The van der Waals surface area contributed by atoms with E-state index < -0.39 is 6.04 Å². The Balaban J connectivity index is 2.59. The number of hydrogen-bond acceptors (Lipinski definition) is 4. The maximum absolute atomic E-state index is 11.6. The molecule has 0 aliphatic heterocycles. The molecule has 1 amide bonds. The highest BCUT2D eigenvalue weighted by molar-refractivity contribution is 5.82. The van der Waals surface area contributed by atoms with Gasteiger partial charge in [-0.05, 0) is 6.92 Å². The highest BCUT2D eigenvalue weighted by Gasteiger charge is 2.18. The Labute approximate surface area is 94.2 Å². The summed E-state index contributed by atoms with van der Waals surface area (Å²) in [6.45, 7) is 1.81. The van der Waals surface area contributed by atoms with E-state index in [9.17, 15) is 4.79 Å². The number of terminal acetylenes is 1. The number of nitrogens with two attached hydrogens (primary N) is 1. The standard InChI is InChI=1S/C10H15N5O/c1-4-5-8(11)10(16)13-7(2)9-14-12-6-15(9)3/h1,6-8H,5,11H2,2-3H3,(H,13,16). The molecule has 0 aliphatic carbocycles. The second-order valence-corrected chi connectivity index (χ2v) is 3.55. The van der Waals surface area contributed by atoms with Crippen molar-refractivity contribution in [3.63, 3.8) is 0 Å². The number of carbonyl (C=O) groups is 1. The summed E-state index contributed by atoms with van der Waals surface area (Å²) in [4.78, 5) is 11.6. The smallest absolute Gasteiger partial charge is 0.238 e. The van der Waals surface area contributed by atoms with Crippen molar-refractivity contribution in [1.82, 2.24) is 20.1 Å². The number of carbonyl (C=O) groups excluding carboxylic acids is 1. The van der Waals surface area contributed by atoms with Gasteiger partial charge in [0.15, 0.2) is 5.82 Å². The Kier molecular flexibility index (Phi) is 4.03. The zero-order chi connectivity index (χ0) is 12.1. The number of hydrogen-bond donors (Lipinski definition) is 2. The fraction of sp³-hybridized carbons (Fsp3) is 0.500. The molecule has 6 nitrogen and oxygen atoms in total. The van der Waals surface area contributed by atoms with Crippen LogP contribution in [0.2, 0.25) is 0 Å². The lowest BCUT2D eigenvalue weighted by molar-refractivity contribution is -0.122. The predicted molar refractivity (Wildman–Crippen MR) is 59.0 cm³/mol. The van der Waals surface area contributed by atoms with Gasteiger partial charge in [-0.3, -0.25) is 4.79 Å². The Morgan fingerprint density at radius 1 is 1.81 bits per heavy atom. The molecule has 6 heteroatoms. The van der Waals surface area contributed by atoms with Gasteiger partial charge < -0.3 is 15.6 Å². The Morgan fingerprint density at radius 3 is 3.00 bits per heavy atom. The van der Waals surface area contributed by atoms with Crippen molar-refractivity contribution in [3.8, 4) is 12.3 Å². The van der Waals surface area contributed by atoms with Crippen LogP contribution in [0.25, 0.3) is 0 Å². The van der Waals surface area contributed by atoms with Gasteiger partial charge in [-0.2, -0.15) is 0 Å². The van der Waals surface area contributed by atoms with Crippen molar-refractivity contribution >= 4 is 5.91 Å². The van der Waals surface area contributed by atoms with Crippen LogP contribution in [0.15, 0.2) is 6.33 Å². The maximum Gasteiger partial charge on any atom is 0.238 e. The lowest BCUT2D eigenvalue weighted by Gasteiger charge is -2.15. The third kappa shape index (κ3) is 2.81. The van der Waals surface area contributed by atoms with E-state index in [1.54, 1.807) is 17.9 Å². The van der Waals surface area contributed by atoms with E-state index in [4.69, 9.17) is 12.2 Å². The molecule has 0 bridgehead atoms. The zero-order valence-electron chi connectivity index (χ0n) is 9.34. The van der Waals surface area contributed by atoms with E-state index in [0.29, 0.717) is 5.82 Å². The molecule has 2 atom stereocenters. The van der Waals surface area contributed by atoms with Gasteiger partial charge in [0.2, 0.25) is 5.91 Å². The van der Waals surface area contributed by atoms with Crippen molar-refractivity contribution in [2.45, 2.75) is 25.4 Å². The van der Waals surface area contributed by atoms with E-state index in [0.717, 1.165) is 0 Å². The minimum atomic E-state index is -0.680. The molecule has 0 aromatic carbocycles. The minimum absolute atomic E-state index is 0.220. The molecule has 0 radical (unpaired) electrons. The topological polar surface area (TPSA) is 85.8 Å². The third-order valence-corrected chi connectivity index (χ3v) is 2.17. The van der Waals surface area contributed by atoms with Crippen LogP contribution in [0.5, 0.6) is 0 Å². The van der Waals surface area contributed by atoms with Gasteiger partial charge in [-0.1, -0.05) is 0 Å². The molecule has 0 aliphatic rings. The second-order valence-electron chi connectivity index (χ2n) is 3.55. The first kappa shape index (κ1) is 12.2. The van der Waals surface area contributed by atoms with Crippen LogP contribution in [0.4, 0.5) is 0 Å². The molecular weight excluding hydrogens is 206 g/mol.